The monoisotopic (exact) mass is 372 g/mol. The molecule has 0 radical (unpaired) electrons. The van der Waals surface area contributed by atoms with Gasteiger partial charge in [-0.3, -0.25) is 14.4 Å². The average Bonchev–Trinajstić information content (AvgIpc) is 2.61. The first-order valence-electron chi connectivity index (χ1n) is 9.25. The molecule has 0 aliphatic carbocycles. The third kappa shape index (κ3) is 7.69. The van der Waals surface area contributed by atoms with Crippen molar-refractivity contribution in [3.63, 3.8) is 0 Å². The Morgan fingerprint density at radius 1 is 1.07 bits per heavy atom. The molecule has 1 atom stereocenters. The molecule has 5 heteroatoms. The molecule has 1 unspecified atom stereocenters. The van der Waals surface area contributed by atoms with Crippen molar-refractivity contribution < 1.29 is 23.9 Å². The van der Waals surface area contributed by atoms with E-state index in [-0.39, 0.29) is 25.2 Å². The zero-order chi connectivity index (χ0) is 20.4. The number of rotatable bonds is 11. The predicted molar refractivity (Wildman–Crippen MR) is 104 cm³/mol. The topological polar surface area (TPSA) is 77.5 Å². The van der Waals surface area contributed by atoms with Crippen molar-refractivity contribution in [1.29, 1.82) is 0 Å². The van der Waals surface area contributed by atoms with Gasteiger partial charge in [-0.1, -0.05) is 48.7 Å². The lowest BCUT2D eigenvalue weighted by molar-refractivity contribution is -0.157. The first kappa shape index (κ1) is 22.5. The van der Waals surface area contributed by atoms with E-state index in [1.165, 1.54) is 6.08 Å². The number of aryl methyl sites for hydroxylation is 1. The molecule has 0 amide bonds. The molecule has 1 aromatic rings. The molecule has 0 saturated carbocycles. The van der Waals surface area contributed by atoms with Gasteiger partial charge in [0.1, 0.15) is 0 Å². The summed E-state index contributed by atoms with van der Waals surface area (Å²) in [5.74, 6) is -3.72. The fourth-order valence-corrected chi connectivity index (χ4v) is 2.47. The lowest BCUT2D eigenvalue weighted by Crippen LogP contribution is -2.31. The van der Waals surface area contributed by atoms with Crippen molar-refractivity contribution in [2.24, 2.45) is 5.92 Å². The standard InChI is InChI=1S/C22H28O5/c1-5-6-13-27-22(26)21(25)18(20(24)14-15(2)3)11-12-19(23)17-9-7-16(4)8-10-17/h7-10,14,18H,5-6,11-13H2,1-4H3. The maximum absolute atomic E-state index is 12.4. The second-order valence-electron chi connectivity index (χ2n) is 6.86. The first-order valence-corrected chi connectivity index (χ1v) is 9.25. The Labute approximate surface area is 160 Å². The van der Waals surface area contributed by atoms with E-state index < -0.39 is 23.5 Å². The average molecular weight is 372 g/mol. The van der Waals surface area contributed by atoms with E-state index in [1.54, 1.807) is 26.0 Å². The van der Waals surface area contributed by atoms with E-state index in [2.05, 4.69) is 0 Å². The Balaban J connectivity index is 2.85. The number of hydrogen-bond donors (Lipinski definition) is 0. The van der Waals surface area contributed by atoms with Crippen LogP contribution in [0.1, 0.15) is 62.4 Å². The number of carbonyl (C=O) groups excluding carboxylic acids is 4. The van der Waals surface area contributed by atoms with Crippen LogP contribution in [0, 0.1) is 12.8 Å². The Hall–Kier alpha value is -2.56. The summed E-state index contributed by atoms with van der Waals surface area (Å²) in [7, 11) is 0. The fourth-order valence-electron chi connectivity index (χ4n) is 2.47. The summed E-state index contributed by atoms with van der Waals surface area (Å²) >= 11 is 0. The van der Waals surface area contributed by atoms with E-state index >= 15 is 0 Å². The molecule has 1 rings (SSSR count). The van der Waals surface area contributed by atoms with Crippen LogP contribution in [0.3, 0.4) is 0 Å². The molecule has 0 bridgehead atoms. The molecule has 27 heavy (non-hydrogen) atoms. The fraction of sp³-hybridized carbons (Fsp3) is 0.455. The van der Waals surface area contributed by atoms with Crippen LogP contribution in [0.15, 0.2) is 35.9 Å². The third-order valence-corrected chi connectivity index (χ3v) is 4.06. The van der Waals surface area contributed by atoms with Gasteiger partial charge in [-0.05, 0) is 39.7 Å². The highest BCUT2D eigenvalue weighted by Gasteiger charge is 2.32. The second-order valence-corrected chi connectivity index (χ2v) is 6.86. The molecule has 1 aromatic carbocycles. The van der Waals surface area contributed by atoms with Crippen LogP contribution >= 0.6 is 0 Å². The van der Waals surface area contributed by atoms with Gasteiger partial charge in [0.15, 0.2) is 11.6 Å². The normalized spacial score (nSPS) is 11.4. The number of hydrogen-bond acceptors (Lipinski definition) is 5. The van der Waals surface area contributed by atoms with Crippen molar-refractivity contribution in [2.75, 3.05) is 6.61 Å². The molecule has 0 spiro atoms. The van der Waals surface area contributed by atoms with Gasteiger partial charge >= 0.3 is 5.97 Å². The highest BCUT2D eigenvalue weighted by molar-refractivity contribution is 6.39. The number of carbonyl (C=O) groups is 4. The van der Waals surface area contributed by atoms with E-state index in [1.807, 2.05) is 26.0 Å². The summed E-state index contributed by atoms with van der Waals surface area (Å²) in [5.41, 5.74) is 2.28. The molecule has 5 nitrogen and oxygen atoms in total. The zero-order valence-corrected chi connectivity index (χ0v) is 16.5. The van der Waals surface area contributed by atoms with Gasteiger partial charge in [0.25, 0.3) is 5.78 Å². The van der Waals surface area contributed by atoms with E-state index in [0.717, 1.165) is 17.6 Å². The summed E-state index contributed by atoms with van der Waals surface area (Å²) in [5, 5.41) is 0. The Kier molecular flexibility index (Phi) is 9.34. The minimum absolute atomic E-state index is 0.00402. The van der Waals surface area contributed by atoms with Gasteiger partial charge in [-0.2, -0.15) is 0 Å². The summed E-state index contributed by atoms with van der Waals surface area (Å²) in [6.07, 6.45) is 2.80. The lowest BCUT2D eigenvalue weighted by Gasteiger charge is -2.12. The number of allylic oxidation sites excluding steroid dienone is 2. The Bertz CT molecular complexity index is 709. The molecule has 146 valence electrons. The minimum Gasteiger partial charge on any atom is -0.460 e. The zero-order valence-electron chi connectivity index (χ0n) is 16.5. The van der Waals surface area contributed by atoms with Gasteiger partial charge in [0.05, 0.1) is 12.5 Å². The molecule has 0 N–H and O–H groups in total. The number of unbranched alkanes of at least 4 members (excludes halogenated alkanes) is 1. The van der Waals surface area contributed by atoms with Gasteiger partial charge in [0.2, 0.25) is 0 Å². The largest absolute Gasteiger partial charge is 0.460 e. The van der Waals surface area contributed by atoms with E-state index in [0.29, 0.717) is 12.0 Å². The Morgan fingerprint density at radius 3 is 2.26 bits per heavy atom. The van der Waals surface area contributed by atoms with E-state index in [9.17, 15) is 19.2 Å². The van der Waals surface area contributed by atoms with E-state index in [4.69, 9.17) is 4.74 Å². The van der Waals surface area contributed by atoms with Gasteiger partial charge in [-0.25, -0.2) is 4.79 Å². The van der Waals surface area contributed by atoms with Crippen LogP contribution in [-0.4, -0.2) is 29.9 Å². The van der Waals surface area contributed by atoms with Crippen molar-refractivity contribution >= 4 is 23.3 Å². The smallest absolute Gasteiger partial charge is 0.375 e. The summed E-state index contributed by atoms with van der Waals surface area (Å²) in [6.45, 7) is 7.47. The lowest BCUT2D eigenvalue weighted by atomic mass is 9.90. The summed E-state index contributed by atoms with van der Waals surface area (Å²) in [6, 6.07) is 7.08. The molecular formula is C22H28O5. The van der Waals surface area contributed by atoms with Gasteiger partial charge in [-0.15, -0.1) is 0 Å². The maximum atomic E-state index is 12.4. The van der Waals surface area contributed by atoms with Gasteiger partial charge in [0, 0.05) is 12.0 Å². The van der Waals surface area contributed by atoms with Crippen molar-refractivity contribution in [3.8, 4) is 0 Å². The molecule has 0 fully saturated rings. The van der Waals surface area contributed by atoms with Crippen molar-refractivity contribution in [3.05, 3.63) is 47.0 Å². The number of ether oxygens (including phenoxy) is 1. The van der Waals surface area contributed by atoms with Crippen LogP contribution in [0.2, 0.25) is 0 Å². The van der Waals surface area contributed by atoms with Crippen molar-refractivity contribution in [2.45, 2.75) is 53.4 Å². The second kappa shape index (κ2) is 11.2. The van der Waals surface area contributed by atoms with Crippen LogP contribution < -0.4 is 0 Å². The van der Waals surface area contributed by atoms with Crippen LogP contribution in [0.25, 0.3) is 0 Å². The maximum Gasteiger partial charge on any atom is 0.375 e. The summed E-state index contributed by atoms with van der Waals surface area (Å²) < 4.78 is 4.94. The number of ketones is 3. The van der Waals surface area contributed by atoms with Gasteiger partial charge < -0.3 is 4.74 Å². The van der Waals surface area contributed by atoms with Crippen LogP contribution in [0.5, 0.6) is 0 Å². The SMILES string of the molecule is CCCCOC(=O)C(=O)C(CCC(=O)c1ccc(C)cc1)C(=O)C=C(C)C. The molecule has 0 saturated heterocycles. The van der Waals surface area contributed by atoms with Crippen LogP contribution in [-0.2, 0) is 19.1 Å². The molecular weight excluding hydrogens is 344 g/mol. The highest BCUT2D eigenvalue weighted by atomic mass is 16.5. The molecule has 0 aromatic heterocycles. The third-order valence-electron chi connectivity index (χ3n) is 4.06. The first-order chi connectivity index (χ1) is 12.8. The quantitative estimate of drug-likeness (QED) is 0.146. The summed E-state index contributed by atoms with van der Waals surface area (Å²) in [4.78, 5) is 49.2. The molecule has 0 aliphatic heterocycles. The number of benzene rings is 1. The molecule has 0 heterocycles. The number of esters is 1. The van der Waals surface area contributed by atoms with Crippen LogP contribution in [0.4, 0.5) is 0 Å². The predicted octanol–water partition coefficient (Wildman–Crippen LogP) is 4.02. The van der Waals surface area contributed by atoms with Crippen molar-refractivity contribution in [1.82, 2.24) is 0 Å². The Morgan fingerprint density at radius 2 is 1.70 bits per heavy atom. The minimum atomic E-state index is -1.19. The molecule has 0 aliphatic rings. The highest BCUT2D eigenvalue weighted by Crippen LogP contribution is 2.16. The number of Topliss-reactive ketones (excluding diaryl/α,β-unsaturated/α-hetero) is 2.